The highest BCUT2D eigenvalue weighted by molar-refractivity contribution is 6.06. The fraction of sp³-hybridized carbons (Fsp3) is 0.424. The van der Waals surface area contributed by atoms with Gasteiger partial charge in [0, 0.05) is 37.2 Å². The van der Waals surface area contributed by atoms with Gasteiger partial charge < -0.3 is 39.4 Å². The summed E-state index contributed by atoms with van der Waals surface area (Å²) in [6.45, 7) is 8.49. The molecule has 2 aliphatic carbocycles. The number of hydrogen-bond acceptors (Lipinski definition) is 10. The molecule has 0 amide bonds. The Hall–Kier alpha value is -3.70. The Kier molecular flexibility index (Phi) is 11.2. The Morgan fingerprint density at radius 3 is 2.23 bits per heavy atom. The molecule has 2 aliphatic heterocycles. The van der Waals surface area contributed by atoms with Crippen LogP contribution in [0.2, 0.25) is 0 Å². The normalized spacial score (nSPS) is 20.5. The number of ketones is 1. The van der Waals surface area contributed by atoms with E-state index < -0.39 is 17.1 Å². The molecular weight excluding hydrogens is 590 g/mol. The first-order chi connectivity index (χ1) is 20.8. The molecule has 1 unspecified atom stereocenters. The topological polar surface area (TPSA) is 138 Å². The van der Waals surface area contributed by atoms with Gasteiger partial charge in [0.05, 0.1) is 26.4 Å². The van der Waals surface area contributed by atoms with Crippen LogP contribution in [0.5, 0.6) is 23.0 Å². The number of allylic oxidation sites excluding steroid dienone is 2. The zero-order chi connectivity index (χ0) is 30.4. The minimum absolute atomic E-state index is 0. The maximum atomic E-state index is 11.5. The van der Waals surface area contributed by atoms with Crippen LogP contribution < -0.4 is 9.47 Å². The van der Waals surface area contributed by atoms with Gasteiger partial charge in [-0.2, -0.15) is 0 Å². The van der Waals surface area contributed by atoms with E-state index in [0.717, 1.165) is 76.8 Å². The Bertz CT molecular complexity index is 1410. The highest BCUT2D eigenvalue weighted by Gasteiger charge is 2.47. The number of phenols is 2. The van der Waals surface area contributed by atoms with E-state index in [2.05, 4.69) is 11.8 Å². The number of benzene rings is 2. The highest BCUT2D eigenvalue weighted by atomic mass is 35.5. The van der Waals surface area contributed by atoms with E-state index in [0.29, 0.717) is 22.3 Å². The summed E-state index contributed by atoms with van der Waals surface area (Å²) in [5, 5.41) is 40.1. The van der Waals surface area contributed by atoms with Crippen molar-refractivity contribution >= 4 is 23.8 Å². The quantitative estimate of drug-likeness (QED) is 0.232. The summed E-state index contributed by atoms with van der Waals surface area (Å²) >= 11 is 0. The lowest BCUT2D eigenvalue weighted by atomic mass is 9.85. The highest BCUT2D eigenvalue weighted by Crippen LogP contribution is 2.50. The summed E-state index contributed by atoms with van der Waals surface area (Å²) in [5.74, 6) is 0.255. The lowest BCUT2D eigenvalue weighted by molar-refractivity contribution is -0.114. The van der Waals surface area contributed by atoms with Gasteiger partial charge in [-0.1, -0.05) is 13.3 Å². The van der Waals surface area contributed by atoms with Crippen LogP contribution in [0.1, 0.15) is 37.3 Å². The maximum absolute atomic E-state index is 11.5. The summed E-state index contributed by atoms with van der Waals surface area (Å²) < 4.78 is 22.1. The number of nitrogens with zero attached hydrogens (tertiary/aromatic N) is 1. The van der Waals surface area contributed by atoms with Gasteiger partial charge in [0.2, 0.25) is 11.5 Å². The van der Waals surface area contributed by atoms with E-state index in [1.807, 2.05) is 24.3 Å². The number of carbonyl (C=O) groups is 1. The molecule has 44 heavy (non-hydrogen) atoms. The monoisotopic (exact) mass is 629 g/mol. The minimum atomic E-state index is -1.33. The number of morpholine rings is 1. The van der Waals surface area contributed by atoms with Crippen LogP contribution in [-0.4, -0.2) is 89.4 Å². The Morgan fingerprint density at radius 2 is 1.57 bits per heavy atom. The predicted octanol–water partition coefficient (Wildman–Crippen LogP) is 4.47. The van der Waals surface area contributed by atoms with Crippen molar-refractivity contribution < 1.29 is 44.2 Å². The van der Waals surface area contributed by atoms with Gasteiger partial charge in [-0.05, 0) is 72.5 Å². The number of fused-ring (bicyclic) bond motifs is 4. The van der Waals surface area contributed by atoms with Crippen molar-refractivity contribution in [3.8, 4) is 23.0 Å². The van der Waals surface area contributed by atoms with E-state index in [1.54, 1.807) is 0 Å². The van der Waals surface area contributed by atoms with Crippen molar-refractivity contribution in [2.75, 3.05) is 52.7 Å². The zero-order valence-electron chi connectivity index (χ0n) is 24.8. The molecule has 4 N–H and O–H groups in total. The molecule has 1 saturated heterocycles. The molecule has 6 rings (SSSR count). The van der Waals surface area contributed by atoms with Crippen molar-refractivity contribution in [1.29, 1.82) is 0 Å². The fourth-order valence-corrected chi connectivity index (χ4v) is 5.53. The third-order valence-electron chi connectivity index (χ3n) is 7.82. The average Bonchev–Trinajstić information content (AvgIpc) is 3.30. The summed E-state index contributed by atoms with van der Waals surface area (Å²) in [6.07, 6.45) is 6.20. The van der Waals surface area contributed by atoms with Crippen molar-refractivity contribution in [2.24, 2.45) is 0 Å². The maximum Gasteiger partial charge on any atom is 0.224 e. The van der Waals surface area contributed by atoms with Crippen molar-refractivity contribution in [2.45, 2.75) is 38.2 Å². The predicted molar refractivity (Wildman–Crippen MR) is 167 cm³/mol. The van der Waals surface area contributed by atoms with Crippen LogP contribution in [0.4, 0.5) is 0 Å². The van der Waals surface area contributed by atoms with Crippen LogP contribution in [0, 0.1) is 0 Å². The first kappa shape index (κ1) is 33.2. The third kappa shape index (κ3) is 7.50. The summed E-state index contributed by atoms with van der Waals surface area (Å²) in [7, 11) is 0. The fourth-order valence-electron chi connectivity index (χ4n) is 5.53. The molecule has 4 aliphatic rings. The van der Waals surface area contributed by atoms with Gasteiger partial charge in [0.25, 0.3) is 0 Å². The number of carbonyl (C=O) groups excluding carboxylic acids is 1. The Balaban J connectivity index is 0.000000197. The molecule has 1 atom stereocenters. The number of aliphatic hydroxyl groups excluding tert-OH is 1. The minimum Gasteiger partial charge on any atom is -0.504 e. The number of ether oxygens (including phenoxy) is 4. The van der Waals surface area contributed by atoms with Crippen LogP contribution in [0.15, 0.2) is 65.6 Å². The van der Waals surface area contributed by atoms with Gasteiger partial charge in [-0.15, -0.1) is 12.4 Å². The summed E-state index contributed by atoms with van der Waals surface area (Å²) in [4.78, 5) is 14.0. The van der Waals surface area contributed by atoms with Crippen molar-refractivity contribution in [3.05, 3.63) is 76.8 Å². The third-order valence-corrected chi connectivity index (χ3v) is 7.82. The van der Waals surface area contributed by atoms with E-state index in [-0.39, 0.29) is 42.7 Å². The molecule has 10 nitrogen and oxygen atoms in total. The lowest BCUT2D eigenvalue weighted by Crippen LogP contribution is -2.39. The first-order valence-corrected chi connectivity index (χ1v) is 14.8. The molecule has 0 spiro atoms. The molecule has 2 heterocycles. The van der Waals surface area contributed by atoms with Crippen LogP contribution in [0.25, 0.3) is 5.57 Å². The molecule has 0 bridgehead atoms. The van der Waals surface area contributed by atoms with Gasteiger partial charge in [0.15, 0.2) is 17.3 Å². The molecule has 0 radical (unpaired) electrons. The molecule has 0 saturated carbocycles. The number of rotatable bonds is 9. The number of hydrogen-bond donors (Lipinski definition) is 4. The number of aliphatic hydroxyl groups is 2. The van der Waals surface area contributed by atoms with E-state index in [9.17, 15) is 25.2 Å². The van der Waals surface area contributed by atoms with Crippen molar-refractivity contribution in [3.63, 3.8) is 0 Å². The molecule has 1 fully saturated rings. The number of phenolic OH excluding ortho intramolecular Hbond substituents is 2. The molecule has 0 aromatic heterocycles. The second kappa shape index (κ2) is 14.9. The zero-order valence-corrected chi connectivity index (χ0v) is 25.6. The van der Waals surface area contributed by atoms with Gasteiger partial charge in [-0.3, -0.25) is 9.69 Å². The lowest BCUT2D eigenvalue weighted by Gasteiger charge is -2.33. The number of halogens is 1. The number of unbranched alkanes of at least 4 members (excludes halogenated alkanes) is 1. The summed E-state index contributed by atoms with van der Waals surface area (Å²) in [5.41, 5.74) is 0.797. The number of aromatic hydroxyl groups is 2. The summed E-state index contributed by atoms with van der Waals surface area (Å²) in [6, 6.07) is 10.7. The molecule has 11 heteroatoms. The average molecular weight is 630 g/mol. The standard InChI is InChI=1S/C17H27NO3.C16H12O6.ClH/c1-2-3-12-20-16-5-7-17(8-6-16)21-13-4-9-18-10-14-19-15-11-18;17-10-2-1-8-13-9-4-12(19)11(18)3-7(9)5-16(13,21)6-22-15(8)14(10)20;/h5-8H,2-4,9-15H2,1H3;1-4,18-21H,5-6H2;1H. The van der Waals surface area contributed by atoms with E-state index in [4.69, 9.17) is 18.9 Å². The molecular formula is C33H40ClNO9. The molecule has 238 valence electrons. The van der Waals surface area contributed by atoms with Gasteiger partial charge in [0.1, 0.15) is 23.7 Å². The second-order valence-corrected chi connectivity index (χ2v) is 11.0. The SMILES string of the molecule is CCCCOc1ccc(OCCCN2CCOCC2)cc1.Cl.O=C1C=CC2=C3c4cc(O)c(O)cc4CC3(O)COC2=C1O. The van der Waals surface area contributed by atoms with Gasteiger partial charge in [-0.25, -0.2) is 0 Å². The Labute approximate surface area is 263 Å². The first-order valence-electron chi connectivity index (χ1n) is 14.8. The Morgan fingerprint density at radius 1 is 0.932 bits per heavy atom. The van der Waals surface area contributed by atoms with Crippen LogP contribution in [0.3, 0.4) is 0 Å². The second-order valence-electron chi connectivity index (χ2n) is 11.0. The van der Waals surface area contributed by atoms with Gasteiger partial charge >= 0.3 is 0 Å². The van der Waals surface area contributed by atoms with Crippen molar-refractivity contribution in [1.82, 2.24) is 4.90 Å². The molecule has 2 aromatic rings. The smallest absolute Gasteiger partial charge is 0.224 e. The van der Waals surface area contributed by atoms with E-state index >= 15 is 0 Å². The largest absolute Gasteiger partial charge is 0.504 e. The van der Waals surface area contributed by atoms with Crippen LogP contribution in [-0.2, 0) is 20.7 Å². The molecule has 2 aromatic carbocycles. The van der Waals surface area contributed by atoms with E-state index in [1.165, 1.54) is 24.3 Å². The van der Waals surface area contributed by atoms with Crippen LogP contribution >= 0.6 is 12.4 Å².